The smallest absolute Gasteiger partial charge is 0.0715 e. The first kappa shape index (κ1) is 12.0. The Morgan fingerprint density at radius 3 is 2.75 bits per heavy atom. The number of hydrogen-bond donors (Lipinski definition) is 2. The monoisotopic (exact) mass is 189 g/mol. The summed E-state index contributed by atoms with van der Waals surface area (Å²) in [6.45, 7) is 8.84. The molecular weight excluding hydrogens is 170 g/mol. The molecule has 0 aliphatic carbocycles. The van der Waals surface area contributed by atoms with E-state index in [1.807, 2.05) is 17.8 Å². The summed E-state index contributed by atoms with van der Waals surface area (Å²) in [7, 11) is 0. The van der Waals surface area contributed by atoms with E-state index in [9.17, 15) is 5.11 Å². The van der Waals surface area contributed by atoms with Crippen molar-refractivity contribution in [3.63, 3.8) is 0 Å². The van der Waals surface area contributed by atoms with Crippen LogP contribution in [0.25, 0.3) is 0 Å². The van der Waals surface area contributed by atoms with Gasteiger partial charge in [0.25, 0.3) is 0 Å². The Morgan fingerprint density at radius 2 is 2.25 bits per heavy atom. The van der Waals surface area contributed by atoms with Crippen LogP contribution in [-0.4, -0.2) is 35.3 Å². The van der Waals surface area contributed by atoms with Crippen LogP contribution < -0.4 is 5.32 Å². The Morgan fingerprint density at radius 1 is 1.58 bits per heavy atom. The van der Waals surface area contributed by atoms with Crippen LogP contribution in [0.5, 0.6) is 0 Å². The molecule has 0 unspecified atom stereocenters. The molecule has 0 heterocycles. The van der Waals surface area contributed by atoms with Crippen molar-refractivity contribution in [1.29, 1.82) is 0 Å². The van der Waals surface area contributed by atoms with Gasteiger partial charge in [-0.1, -0.05) is 6.08 Å². The molecule has 0 aromatic heterocycles. The van der Waals surface area contributed by atoms with Gasteiger partial charge in [-0.2, -0.15) is 11.8 Å². The molecule has 0 fully saturated rings. The van der Waals surface area contributed by atoms with Crippen LogP contribution in [0.4, 0.5) is 0 Å². The van der Waals surface area contributed by atoms with Crippen LogP contribution >= 0.6 is 11.8 Å². The standard InChI is InChI=1S/C9H19NOS/c1-4-6-12-7-5-10-8-9(2,3)11/h4,10-11H,1,5-8H2,2-3H3. The fourth-order valence-electron chi connectivity index (χ4n) is 0.705. The predicted molar refractivity (Wildman–Crippen MR) is 56.7 cm³/mol. The van der Waals surface area contributed by atoms with Gasteiger partial charge in [-0.3, -0.25) is 0 Å². The maximum atomic E-state index is 9.33. The molecule has 2 nitrogen and oxygen atoms in total. The van der Waals surface area contributed by atoms with Gasteiger partial charge in [0.05, 0.1) is 5.60 Å². The number of hydrogen-bond acceptors (Lipinski definition) is 3. The normalized spacial score (nSPS) is 11.6. The predicted octanol–water partition coefficient (Wildman–Crippen LogP) is 1.27. The van der Waals surface area contributed by atoms with Crippen molar-refractivity contribution >= 4 is 11.8 Å². The molecule has 0 spiro atoms. The highest BCUT2D eigenvalue weighted by atomic mass is 32.2. The quantitative estimate of drug-likeness (QED) is 0.467. The van der Waals surface area contributed by atoms with E-state index >= 15 is 0 Å². The molecule has 0 aliphatic heterocycles. The molecule has 0 saturated heterocycles. The molecule has 0 amide bonds. The zero-order valence-corrected chi connectivity index (χ0v) is 8.78. The summed E-state index contributed by atoms with van der Waals surface area (Å²) in [6.07, 6.45) is 1.90. The molecule has 0 saturated carbocycles. The lowest BCUT2D eigenvalue weighted by molar-refractivity contribution is 0.0806. The molecule has 12 heavy (non-hydrogen) atoms. The van der Waals surface area contributed by atoms with Crippen molar-refractivity contribution in [3.8, 4) is 0 Å². The van der Waals surface area contributed by atoms with Crippen molar-refractivity contribution < 1.29 is 5.11 Å². The van der Waals surface area contributed by atoms with Crippen LogP contribution in [0.3, 0.4) is 0 Å². The average Bonchev–Trinajstić information content (AvgIpc) is 1.94. The third-order valence-corrected chi connectivity index (χ3v) is 2.18. The first-order valence-electron chi connectivity index (χ1n) is 4.18. The Kier molecular flexibility index (Phi) is 6.52. The van der Waals surface area contributed by atoms with Crippen LogP contribution in [0.2, 0.25) is 0 Å². The molecule has 0 bridgehead atoms. The van der Waals surface area contributed by atoms with E-state index < -0.39 is 5.60 Å². The number of rotatable bonds is 7. The van der Waals surface area contributed by atoms with E-state index in [0.29, 0.717) is 6.54 Å². The molecule has 0 aliphatic rings. The van der Waals surface area contributed by atoms with Gasteiger partial charge in [-0.05, 0) is 13.8 Å². The van der Waals surface area contributed by atoms with E-state index in [0.717, 1.165) is 18.1 Å². The fourth-order valence-corrected chi connectivity index (χ4v) is 1.33. The zero-order valence-electron chi connectivity index (χ0n) is 7.97. The highest BCUT2D eigenvalue weighted by molar-refractivity contribution is 7.99. The fraction of sp³-hybridized carbons (Fsp3) is 0.778. The van der Waals surface area contributed by atoms with Gasteiger partial charge in [0, 0.05) is 24.6 Å². The third kappa shape index (κ3) is 10.0. The topological polar surface area (TPSA) is 32.3 Å². The summed E-state index contributed by atoms with van der Waals surface area (Å²) in [5.74, 6) is 2.08. The zero-order chi connectivity index (χ0) is 9.45. The maximum absolute atomic E-state index is 9.33. The van der Waals surface area contributed by atoms with Crippen molar-refractivity contribution in [2.75, 3.05) is 24.6 Å². The highest BCUT2D eigenvalue weighted by Crippen LogP contribution is 1.99. The minimum absolute atomic E-state index is 0.594. The summed E-state index contributed by atoms with van der Waals surface area (Å²) in [4.78, 5) is 0. The molecule has 0 rings (SSSR count). The van der Waals surface area contributed by atoms with E-state index in [-0.39, 0.29) is 0 Å². The van der Waals surface area contributed by atoms with Crippen LogP contribution in [-0.2, 0) is 0 Å². The Hall–Kier alpha value is 0.01000. The van der Waals surface area contributed by atoms with Gasteiger partial charge in [0.2, 0.25) is 0 Å². The number of nitrogens with one attached hydrogen (secondary N) is 1. The SMILES string of the molecule is C=CCSCCNCC(C)(C)O. The molecular formula is C9H19NOS. The minimum Gasteiger partial charge on any atom is -0.389 e. The van der Waals surface area contributed by atoms with E-state index in [1.165, 1.54) is 0 Å². The lowest BCUT2D eigenvalue weighted by Crippen LogP contribution is -2.35. The second-order valence-corrected chi connectivity index (χ2v) is 4.50. The van der Waals surface area contributed by atoms with Crippen LogP contribution in [0.1, 0.15) is 13.8 Å². The van der Waals surface area contributed by atoms with Crippen molar-refractivity contribution in [2.45, 2.75) is 19.4 Å². The molecule has 3 heteroatoms. The van der Waals surface area contributed by atoms with Gasteiger partial charge in [0.1, 0.15) is 0 Å². The summed E-state index contributed by atoms with van der Waals surface area (Å²) in [6, 6.07) is 0. The van der Waals surface area contributed by atoms with E-state index in [2.05, 4.69) is 11.9 Å². The molecule has 0 aromatic rings. The third-order valence-electron chi connectivity index (χ3n) is 1.22. The first-order chi connectivity index (χ1) is 5.56. The van der Waals surface area contributed by atoms with Crippen molar-refractivity contribution in [3.05, 3.63) is 12.7 Å². The Balaban J connectivity index is 3.06. The molecule has 0 radical (unpaired) electrons. The lowest BCUT2D eigenvalue weighted by atomic mass is 10.1. The summed E-state index contributed by atoms with van der Waals surface area (Å²) >= 11 is 1.84. The van der Waals surface area contributed by atoms with Gasteiger partial charge >= 0.3 is 0 Å². The van der Waals surface area contributed by atoms with Gasteiger partial charge < -0.3 is 10.4 Å². The molecule has 0 atom stereocenters. The summed E-state index contributed by atoms with van der Waals surface area (Å²) in [5.41, 5.74) is -0.594. The van der Waals surface area contributed by atoms with Crippen molar-refractivity contribution in [2.24, 2.45) is 0 Å². The second-order valence-electron chi connectivity index (χ2n) is 3.35. The van der Waals surface area contributed by atoms with Crippen LogP contribution in [0, 0.1) is 0 Å². The summed E-state index contributed by atoms with van der Waals surface area (Å²) < 4.78 is 0. The summed E-state index contributed by atoms with van der Waals surface area (Å²) in [5, 5.41) is 12.5. The van der Waals surface area contributed by atoms with Gasteiger partial charge in [-0.15, -0.1) is 6.58 Å². The number of aliphatic hydroxyl groups is 1. The average molecular weight is 189 g/mol. The van der Waals surface area contributed by atoms with Gasteiger partial charge in [-0.25, -0.2) is 0 Å². The maximum Gasteiger partial charge on any atom is 0.0715 e. The van der Waals surface area contributed by atoms with E-state index in [4.69, 9.17) is 0 Å². The largest absolute Gasteiger partial charge is 0.389 e. The van der Waals surface area contributed by atoms with Gasteiger partial charge in [0.15, 0.2) is 0 Å². The Labute approximate surface area is 79.4 Å². The van der Waals surface area contributed by atoms with Crippen LogP contribution in [0.15, 0.2) is 12.7 Å². The minimum atomic E-state index is -0.594. The lowest BCUT2D eigenvalue weighted by Gasteiger charge is -2.17. The molecule has 2 N–H and O–H groups in total. The molecule has 72 valence electrons. The first-order valence-corrected chi connectivity index (χ1v) is 5.33. The van der Waals surface area contributed by atoms with E-state index in [1.54, 1.807) is 13.8 Å². The molecule has 0 aromatic carbocycles. The second kappa shape index (κ2) is 6.52. The van der Waals surface area contributed by atoms with Crippen molar-refractivity contribution in [1.82, 2.24) is 5.32 Å². The highest BCUT2D eigenvalue weighted by Gasteiger charge is 2.10. The number of thioether (sulfide) groups is 1. The Bertz CT molecular complexity index is 120.